The Hall–Kier alpha value is -2.13. The molecule has 3 nitrogen and oxygen atoms in total. The van der Waals surface area contributed by atoms with E-state index in [2.05, 4.69) is 6.92 Å². The predicted molar refractivity (Wildman–Crippen MR) is 96.6 cm³/mol. The first-order valence-electron chi connectivity index (χ1n) is 8.71. The number of rotatable bonds is 10. The van der Waals surface area contributed by atoms with Crippen LogP contribution in [0, 0.1) is 0 Å². The summed E-state index contributed by atoms with van der Waals surface area (Å²) in [7, 11) is 0. The highest BCUT2D eigenvalue weighted by Crippen LogP contribution is 2.16. The van der Waals surface area contributed by atoms with Crippen molar-refractivity contribution in [3.05, 3.63) is 65.7 Å². The third-order valence-electron chi connectivity index (χ3n) is 3.99. The summed E-state index contributed by atoms with van der Waals surface area (Å²) < 4.78 is 5.60. The summed E-state index contributed by atoms with van der Waals surface area (Å²) in [5.41, 5.74) is 1.31. The average Bonchev–Trinajstić information content (AvgIpc) is 2.64. The van der Waals surface area contributed by atoms with Gasteiger partial charge in [0.15, 0.2) is 5.78 Å². The standard InChI is InChI=1S/C21H26O3/c1-2-3-4-8-11-19(22)16-24-20-14-12-18(13-15-20)21(23)17-9-6-5-7-10-17/h5-7,9-10,12-15,19,22H,2-4,8,11,16H2,1H3. The quantitative estimate of drug-likeness (QED) is 0.511. The van der Waals surface area contributed by atoms with Gasteiger partial charge in [0.1, 0.15) is 12.4 Å². The van der Waals surface area contributed by atoms with Gasteiger partial charge in [-0.1, -0.05) is 62.9 Å². The fourth-order valence-electron chi connectivity index (χ4n) is 2.54. The molecule has 0 aliphatic heterocycles. The molecular formula is C21H26O3. The number of unbranched alkanes of at least 4 members (excludes halogenated alkanes) is 3. The molecule has 2 aromatic carbocycles. The van der Waals surface area contributed by atoms with Crippen molar-refractivity contribution in [3.63, 3.8) is 0 Å². The van der Waals surface area contributed by atoms with E-state index in [-0.39, 0.29) is 12.4 Å². The van der Waals surface area contributed by atoms with Crippen molar-refractivity contribution in [2.75, 3.05) is 6.61 Å². The van der Waals surface area contributed by atoms with Crippen LogP contribution in [0.25, 0.3) is 0 Å². The van der Waals surface area contributed by atoms with Gasteiger partial charge in [-0.3, -0.25) is 4.79 Å². The van der Waals surface area contributed by atoms with Crippen molar-refractivity contribution < 1.29 is 14.6 Å². The molecule has 0 bridgehead atoms. The molecule has 0 aliphatic carbocycles. The van der Waals surface area contributed by atoms with Gasteiger partial charge in [-0.05, 0) is 30.7 Å². The highest BCUT2D eigenvalue weighted by Gasteiger charge is 2.09. The lowest BCUT2D eigenvalue weighted by molar-refractivity contribution is 0.0973. The molecular weight excluding hydrogens is 300 g/mol. The smallest absolute Gasteiger partial charge is 0.193 e. The summed E-state index contributed by atoms with van der Waals surface area (Å²) in [5, 5.41) is 9.92. The Bertz CT molecular complexity index is 605. The van der Waals surface area contributed by atoms with Crippen LogP contribution in [0.2, 0.25) is 0 Å². The lowest BCUT2D eigenvalue weighted by atomic mass is 10.0. The summed E-state index contributed by atoms with van der Waals surface area (Å²) in [6.07, 6.45) is 4.93. The average molecular weight is 326 g/mol. The summed E-state index contributed by atoms with van der Waals surface area (Å²) in [4.78, 5) is 12.3. The van der Waals surface area contributed by atoms with E-state index in [0.717, 1.165) is 19.3 Å². The van der Waals surface area contributed by atoms with E-state index >= 15 is 0 Å². The van der Waals surface area contributed by atoms with E-state index in [0.29, 0.717) is 16.9 Å². The molecule has 0 spiro atoms. The zero-order valence-electron chi connectivity index (χ0n) is 14.3. The maximum Gasteiger partial charge on any atom is 0.193 e. The lowest BCUT2D eigenvalue weighted by Crippen LogP contribution is -2.17. The Morgan fingerprint density at radius 3 is 2.29 bits per heavy atom. The number of benzene rings is 2. The number of ether oxygens (including phenoxy) is 1. The zero-order chi connectivity index (χ0) is 17.2. The second-order valence-corrected chi connectivity index (χ2v) is 6.03. The number of carbonyl (C=O) groups excluding carboxylic acids is 1. The van der Waals surface area contributed by atoms with Crippen molar-refractivity contribution in [1.29, 1.82) is 0 Å². The first-order valence-corrected chi connectivity index (χ1v) is 8.71. The number of carbonyl (C=O) groups is 1. The Balaban J connectivity index is 1.81. The topological polar surface area (TPSA) is 46.5 Å². The zero-order valence-corrected chi connectivity index (χ0v) is 14.3. The normalized spacial score (nSPS) is 11.9. The monoisotopic (exact) mass is 326 g/mol. The molecule has 3 heteroatoms. The lowest BCUT2D eigenvalue weighted by Gasteiger charge is -2.12. The van der Waals surface area contributed by atoms with Crippen LogP contribution >= 0.6 is 0 Å². The minimum absolute atomic E-state index is 0.00175. The second kappa shape index (κ2) is 9.89. The molecule has 0 radical (unpaired) electrons. The van der Waals surface area contributed by atoms with Crippen LogP contribution in [0.5, 0.6) is 5.75 Å². The molecule has 2 aromatic rings. The predicted octanol–water partition coefficient (Wildman–Crippen LogP) is 4.63. The molecule has 0 saturated carbocycles. The van der Waals surface area contributed by atoms with Crippen LogP contribution in [0.3, 0.4) is 0 Å². The Morgan fingerprint density at radius 2 is 1.62 bits per heavy atom. The number of ketones is 1. The van der Waals surface area contributed by atoms with E-state index in [1.165, 1.54) is 12.8 Å². The Morgan fingerprint density at radius 1 is 0.958 bits per heavy atom. The second-order valence-electron chi connectivity index (χ2n) is 6.03. The molecule has 1 N–H and O–H groups in total. The van der Waals surface area contributed by atoms with Crippen molar-refractivity contribution in [2.45, 2.75) is 45.1 Å². The van der Waals surface area contributed by atoms with Crippen molar-refractivity contribution >= 4 is 5.78 Å². The summed E-state index contributed by atoms with van der Waals surface area (Å²) in [6.45, 7) is 2.46. The number of aliphatic hydroxyl groups excluding tert-OH is 1. The Labute approximate surface area is 144 Å². The van der Waals surface area contributed by atoms with Gasteiger partial charge in [0.05, 0.1) is 6.10 Å². The summed E-state index contributed by atoms with van der Waals surface area (Å²) in [6, 6.07) is 16.3. The highest BCUT2D eigenvalue weighted by atomic mass is 16.5. The number of hydrogen-bond acceptors (Lipinski definition) is 3. The largest absolute Gasteiger partial charge is 0.491 e. The molecule has 0 aromatic heterocycles. The summed E-state index contributed by atoms with van der Waals surface area (Å²) >= 11 is 0. The fraction of sp³-hybridized carbons (Fsp3) is 0.381. The van der Waals surface area contributed by atoms with E-state index in [1.807, 2.05) is 30.3 Å². The van der Waals surface area contributed by atoms with Gasteiger partial charge >= 0.3 is 0 Å². The highest BCUT2D eigenvalue weighted by molar-refractivity contribution is 6.08. The third-order valence-corrected chi connectivity index (χ3v) is 3.99. The van der Waals surface area contributed by atoms with Gasteiger partial charge in [-0.25, -0.2) is 0 Å². The van der Waals surface area contributed by atoms with Gasteiger partial charge < -0.3 is 9.84 Å². The first-order chi connectivity index (χ1) is 11.7. The first kappa shape index (κ1) is 18.2. The molecule has 1 unspecified atom stereocenters. The van der Waals surface area contributed by atoms with Crippen LogP contribution in [-0.2, 0) is 0 Å². The number of hydrogen-bond donors (Lipinski definition) is 1. The van der Waals surface area contributed by atoms with Crippen LogP contribution in [0.15, 0.2) is 54.6 Å². The molecule has 0 fully saturated rings. The molecule has 0 heterocycles. The van der Waals surface area contributed by atoms with Crippen molar-refractivity contribution in [2.24, 2.45) is 0 Å². The maximum atomic E-state index is 12.3. The molecule has 0 amide bonds. The third kappa shape index (κ3) is 5.82. The minimum Gasteiger partial charge on any atom is -0.491 e. The van der Waals surface area contributed by atoms with Crippen molar-refractivity contribution in [3.8, 4) is 5.75 Å². The SMILES string of the molecule is CCCCCCC(O)COc1ccc(C(=O)c2ccccc2)cc1. The molecule has 128 valence electrons. The molecule has 2 rings (SSSR count). The Kier molecular flexibility index (Phi) is 7.50. The molecule has 0 saturated heterocycles. The van der Waals surface area contributed by atoms with Crippen LogP contribution in [0.1, 0.15) is 54.9 Å². The van der Waals surface area contributed by atoms with Gasteiger partial charge in [0, 0.05) is 11.1 Å². The fourth-order valence-corrected chi connectivity index (χ4v) is 2.54. The van der Waals surface area contributed by atoms with Gasteiger partial charge in [0.25, 0.3) is 0 Å². The van der Waals surface area contributed by atoms with E-state index in [9.17, 15) is 9.90 Å². The molecule has 1 atom stereocenters. The van der Waals surface area contributed by atoms with Gasteiger partial charge in [0.2, 0.25) is 0 Å². The number of aliphatic hydroxyl groups is 1. The van der Waals surface area contributed by atoms with E-state index < -0.39 is 6.10 Å². The van der Waals surface area contributed by atoms with Gasteiger partial charge in [-0.15, -0.1) is 0 Å². The van der Waals surface area contributed by atoms with E-state index in [4.69, 9.17) is 4.74 Å². The molecule has 24 heavy (non-hydrogen) atoms. The van der Waals surface area contributed by atoms with Crippen LogP contribution in [-0.4, -0.2) is 23.6 Å². The van der Waals surface area contributed by atoms with Crippen LogP contribution < -0.4 is 4.74 Å². The van der Waals surface area contributed by atoms with Crippen LogP contribution in [0.4, 0.5) is 0 Å². The maximum absolute atomic E-state index is 12.3. The molecule has 0 aliphatic rings. The van der Waals surface area contributed by atoms with Crippen molar-refractivity contribution in [1.82, 2.24) is 0 Å². The van der Waals surface area contributed by atoms with Gasteiger partial charge in [-0.2, -0.15) is 0 Å². The summed E-state index contributed by atoms with van der Waals surface area (Å²) in [5.74, 6) is 0.672. The van der Waals surface area contributed by atoms with E-state index in [1.54, 1.807) is 24.3 Å². The minimum atomic E-state index is -0.438.